The maximum absolute atomic E-state index is 3.61. The second-order valence-electron chi connectivity index (χ2n) is 4.48. The summed E-state index contributed by atoms with van der Waals surface area (Å²) in [5.41, 5.74) is 0.559. The third kappa shape index (κ3) is 1.52. The predicted octanol–water partition coefficient (Wildman–Crippen LogP) is 2.81. The van der Waals surface area contributed by atoms with Crippen molar-refractivity contribution >= 4 is 0 Å². The first-order valence-corrected chi connectivity index (χ1v) is 5.38. The van der Waals surface area contributed by atoms with E-state index in [4.69, 9.17) is 0 Å². The smallest absolute Gasteiger partial charge is 0.0121 e. The summed E-state index contributed by atoms with van der Waals surface area (Å²) >= 11 is 0. The van der Waals surface area contributed by atoms with Crippen LogP contribution in [0.3, 0.4) is 0 Å². The van der Waals surface area contributed by atoms with Crippen LogP contribution in [0.25, 0.3) is 0 Å². The topological polar surface area (TPSA) is 12.0 Å². The van der Waals surface area contributed by atoms with Crippen molar-refractivity contribution in [1.82, 2.24) is 5.32 Å². The first kappa shape index (κ1) is 10.0. The average molecular weight is 169 g/mol. The summed E-state index contributed by atoms with van der Waals surface area (Å²) in [5, 5.41) is 3.61. The van der Waals surface area contributed by atoms with Gasteiger partial charge in [0.2, 0.25) is 0 Å². The highest BCUT2D eigenvalue weighted by Gasteiger charge is 2.40. The Morgan fingerprint density at radius 2 is 2.17 bits per heavy atom. The second-order valence-corrected chi connectivity index (χ2v) is 4.48. The molecule has 0 amide bonds. The standard InChI is InChI=1S/C11H23N/c1-5-9(3)11(4)7-8-12-10(11)6-2/h9-10,12H,5-8H2,1-4H3. The first-order chi connectivity index (χ1) is 5.65. The Morgan fingerprint density at radius 1 is 1.50 bits per heavy atom. The van der Waals surface area contributed by atoms with Crippen LogP contribution in [0.5, 0.6) is 0 Å². The Kier molecular flexibility index (Phi) is 3.16. The van der Waals surface area contributed by atoms with Crippen LogP contribution in [0.2, 0.25) is 0 Å². The zero-order chi connectivity index (χ0) is 9.19. The summed E-state index contributed by atoms with van der Waals surface area (Å²) in [6.07, 6.45) is 3.95. The Hall–Kier alpha value is -0.0400. The van der Waals surface area contributed by atoms with E-state index in [-0.39, 0.29) is 0 Å². The second kappa shape index (κ2) is 3.78. The molecule has 0 radical (unpaired) electrons. The lowest BCUT2D eigenvalue weighted by molar-refractivity contribution is 0.166. The molecule has 1 fully saturated rings. The van der Waals surface area contributed by atoms with Crippen LogP contribution in [0.1, 0.15) is 47.0 Å². The van der Waals surface area contributed by atoms with E-state index < -0.39 is 0 Å². The maximum Gasteiger partial charge on any atom is 0.0121 e. The van der Waals surface area contributed by atoms with E-state index in [1.54, 1.807) is 0 Å². The summed E-state index contributed by atoms with van der Waals surface area (Å²) in [7, 11) is 0. The van der Waals surface area contributed by atoms with Gasteiger partial charge in [-0.15, -0.1) is 0 Å². The van der Waals surface area contributed by atoms with E-state index in [1.165, 1.54) is 25.8 Å². The molecule has 0 spiro atoms. The molecule has 72 valence electrons. The third-order valence-corrected chi connectivity index (χ3v) is 4.00. The zero-order valence-electron chi connectivity index (χ0n) is 8.98. The van der Waals surface area contributed by atoms with Gasteiger partial charge in [0, 0.05) is 6.04 Å². The zero-order valence-corrected chi connectivity index (χ0v) is 8.98. The van der Waals surface area contributed by atoms with Crippen LogP contribution in [-0.2, 0) is 0 Å². The van der Waals surface area contributed by atoms with Gasteiger partial charge in [0.15, 0.2) is 0 Å². The molecule has 0 aromatic carbocycles. The van der Waals surface area contributed by atoms with E-state index in [1.807, 2.05) is 0 Å². The van der Waals surface area contributed by atoms with E-state index in [0.29, 0.717) is 5.41 Å². The van der Waals surface area contributed by atoms with Gasteiger partial charge in [-0.05, 0) is 30.7 Å². The number of hydrogen-bond acceptors (Lipinski definition) is 1. The predicted molar refractivity (Wildman–Crippen MR) is 54.3 cm³/mol. The van der Waals surface area contributed by atoms with Gasteiger partial charge in [0.25, 0.3) is 0 Å². The molecule has 0 aromatic rings. The molecule has 1 aliphatic heterocycles. The summed E-state index contributed by atoms with van der Waals surface area (Å²) in [6.45, 7) is 10.7. The fraction of sp³-hybridized carbons (Fsp3) is 1.00. The van der Waals surface area contributed by atoms with Crippen molar-refractivity contribution in [1.29, 1.82) is 0 Å². The lowest BCUT2D eigenvalue weighted by Crippen LogP contribution is -2.38. The van der Waals surface area contributed by atoms with Gasteiger partial charge in [-0.25, -0.2) is 0 Å². The van der Waals surface area contributed by atoms with E-state index in [9.17, 15) is 0 Å². The Balaban J connectivity index is 2.67. The van der Waals surface area contributed by atoms with E-state index in [0.717, 1.165) is 12.0 Å². The molecule has 12 heavy (non-hydrogen) atoms. The van der Waals surface area contributed by atoms with Crippen LogP contribution >= 0.6 is 0 Å². The first-order valence-electron chi connectivity index (χ1n) is 5.38. The van der Waals surface area contributed by atoms with Gasteiger partial charge in [0.1, 0.15) is 0 Å². The minimum atomic E-state index is 0.559. The van der Waals surface area contributed by atoms with Gasteiger partial charge >= 0.3 is 0 Å². The molecule has 3 atom stereocenters. The Morgan fingerprint density at radius 3 is 2.67 bits per heavy atom. The SMILES string of the molecule is CCC(C)C1(C)CCNC1CC. The highest BCUT2D eigenvalue weighted by molar-refractivity contribution is 4.95. The molecule has 1 N–H and O–H groups in total. The van der Waals surface area contributed by atoms with Crippen molar-refractivity contribution in [2.24, 2.45) is 11.3 Å². The summed E-state index contributed by atoms with van der Waals surface area (Å²) in [4.78, 5) is 0. The molecule has 1 rings (SSSR count). The normalized spacial score (nSPS) is 38.5. The largest absolute Gasteiger partial charge is 0.313 e. The van der Waals surface area contributed by atoms with Crippen LogP contribution < -0.4 is 5.32 Å². The van der Waals surface area contributed by atoms with Gasteiger partial charge in [0.05, 0.1) is 0 Å². The fourth-order valence-electron chi connectivity index (χ4n) is 2.59. The van der Waals surface area contributed by atoms with E-state index >= 15 is 0 Å². The molecular weight excluding hydrogens is 146 g/mol. The third-order valence-electron chi connectivity index (χ3n) is 4.00. The number of rotatable bonds is 3. The molecule has 0 bridgehead atoms. The monoisotopic (exact) mass is 169 g/mol. The van der Waals surface area contributed by atoms with Crippen LogP contribution in [0.15, 0.2) is 0 Å². The molecule has 0 aliphatic carbocycles. The summed E-state index contributed by atoms with van der Waals surface area (Å²) in [5.74, 6) is 0.859. The molecule has 0 saturated carbocycles. The Labute approximate surface area is 76.9 Å². The van der Waals surface area contributed by atoms with Gasteiger partial charge in [-0.1, -0.05) is 34.1 Å². The van der Waals surface area contributed by atoms with Crippen LogP contribution in [-0.4, -0.2) is 12.6 Å². The van der Waals surface area contributed by atoms with Crippen molar-refractivity contribution in [2.75, 3.05) is 6.54 Å². The highest BCUT2D eigenvalue weighted by Crippen LogP contribution is 2.41. The van der Waals surface area contributed by atoms with Crippen LogP contribution in [0.4, 0.5) is 0 Å². The van der Waals surface area contributed by atoms with Gasteiger partial charge in [-0.2, -0.15) is 0 Å². The van der Waals surface area contributed by atoms with Gasteiger partial charge in [-0.3, -0.25) is 0 Å². The quantitative estimate of drug-likeness (QED) is 0.685. The van der Waals surface area contributed by atoms with Crippen molar-refractivity contribution in [2.45, 2.75) is 53.0 Å². The Bertz CT molecular complexity index is 144. The molecule has 3 unspecified atom stereocenters. The molecule has 1 heteroatoms. The highest BCUT2D eigenvalue weighted by atomic mass is 15.0. The molecule has 0 aromatic heterocycles. The summed E-state index contributed by atoms with van der Waals surface area (Å²) in [6, 6.07) is 0.757. The minimum Gasteiger partial charge on any atom is -0.313 e. The average Bonchev–Trinajstić information content (AvgIpc) is 2.46. The summed E-state index contributed by atoms with van der Waals surface area (Å²) < 4.78 is 0. The van der Waals surface area contributed by atoms with Crippen molar-refractivity contribution in [3.63, 3.8) is 0 Å². The number of nitrogens with one attached hydrogen (secondary N) is 1. The maximum atomic E-state index is 3.61. The molecule has 1 heterocycles. The lowest BCUT2D eigenvalue weighted by Gasteiger charge is -2.36. The fourth-order valence-corrected chi connectivity index (χ4v) is 2.59. The van der Waals surface area contributed by atoms with E-state index in [2.05, 4.69) is 33.0 Å². The number of hydrogen-bond donors (Lipinski definition) is 1. The van der Waals surface area contributed by atoms with Crippen molar-refractivity contribution in [3.8, 4) is 0 Å². The van der Waals surface area contributed by atoms with Crippen molar-refractivity contribution in [3.05, 3.63) is 0 Å². The van der Waals surface area contributed by atoms with Crippen molar-refractivity contribution < 1.29 is 0 Å². The molecular formula is C11H23N. The molecule has 1 nitrogen and oxygen atoms in total. The minimum absolute atomic E-state index is 0.559. The molecule has 1 aliphatic rings. The lowest BCUT2D eigenvalue weighted by atomic mass is 9.70. The van der Waals surface area contributed by atoms with Gasteiger partial charge < -0.3 is 5.32 Å². The van der Waals surface area contributed by atoms with Crippen LogP contribution in [0, 0.1) is 11.3 Å². The molecule has 1 saturated heterocycles.